The van der Waals surface area contributed by atoms with E-state index in [1.54, 1.807) is 44.9 Å². The largest absolute Gasteiger partial charge is 0.444 e. The fourth-order valence-electron chi connectivity index (χ4n) is 1.70. The molecule has 6 heteroatoms. The highest BCUT2D eigenvalue weighted by Gasteiger charge is 2.27. The van der Waals surface area contributed by atoms with Gasteiger partial charge in [0.05, 0.1) is 11.7 Å². The van der Waals surface area contributed by atoms with Crippen LogP contribution in [0.2, 0.25) is 0 Å². The van der Waals surface area contributed by atoms with Crippen molar-refractivity contribution in [3.8, 4) is 0 Å². The lowest BCUT2D eigenvalue weighted by atomic mass is 10.1. The van der Waals surface area contributed by atoms with Crippen LogP contribution in [-0.4, -0.2) is 39.7 Å². The second-order valence-electron chi connectivity index (χ2n) is 7.06. The van der Waals surface area contributed by atoms with Gasteiger partial charge >= 0.3 is 6.09 Å². The predicted octanol–water partition coefficient (Wildman–Crippen LogP) is 2.75. The molecule has 0 saturated carbocycles. The van der Waals surface area contributed by atoms with Crippen molar-refractivity contribution in [1.29, 1.82) is 0 Å². The van der Waals surface area contributed by atoms with Crippen LogP contribution in [0, 0.1) is 0 Å². The van der Waals surface area contributed by atoms with E-state index in [9.17, 15) is 9.59 Å². The number of hydrogen-bond donors (Lipinski definition) is 0. The van der Waals surface area contributed by atoms with Crippen LogP contribution < -0.4 is 0 Å². The zero-order valence-corrected chi connectivity index (χ0v) is 13.9. The molecule has 21 heavy (non-hydrogen) atoms. The Kier molecular flexibility index (Phi) is 4.81. The van der Waals surface area contributed by atoms with E-state index in [1.807, 2.05) is 20.8 Å². The molecule has 0 bridgehead atoms. The van der Waals surface area contributed by atoms with Gasteiger partial charge in [0, 0.05) is 18.8 Å². The Morgan fingerprint density at radius 1 is 1.33 bits per heavy atom. The van der Waals surface area contributed by atoms with Crippen LogP contribution in [0.15, 0.2) is 12.4 Å². The molecule has 0 radical (unpaired) electrons. The molecule has 1 aromatic rings. The van der Waals surface area contributed by atoms with E-state index in [1.165, 1.54) is 4.90 Å². The van der Waals surface area contributed by atoms with E-state index in [-0.39, 0.29) is 5.54 Å². The van der Waals surface area contributed by atoms with Crippen molar-refractivity contribution in [2.75, 3.05) is 7.05 Å². The van der Waals surface area contributed by atoms with Gasteiger partial charge in [0.25, 0.3) is 0 Å². The molecule has 0 saturated heterocycles. The van der Waals surface area contributed by atoms with Crippen molar-refractivity contribution >= 4 is 12.4 Å². The summed E-state index contributed by atoms with van der Waals surface area (Å²) in [6.45, 7) is 11.4. The molecule has 118 valence electrons. The fourth-order valence-corrected chi connectivity index (χ4v) is 1.70. The zero-order chi connectivity index (χ0) is 16.4. The summed E-state index contributed by atoms with van der Waals surface area (Å²) >= 11 is 0. The molecule has 0 fully saturated rings. The lowest BCUT2D eigenvalue weighted by Gasteiger charge is -2.27. The maximum absolute atomic E-state index is 12.1. The van der Waals surface area contributed by atoms with Gasteiger partial charge in [-0.1, -0.05) is 0 Å². The van der Waals surface area contributed by atoms with Gasteiger partial charge in [-0.15, -0.1) is 0 Å². The van der Waals surface area contributed by atoms with Crippen molar-refractivity contribution in [1.82, 2.24) is 14.7 Å². The molecule has 6 nitrogen and oxygen atoms in total. The monoisotopic (exact) mass is 295 g/mol. The number of amides is 1. The average Bonchev–Trinajstić information content (AvgIpc) is 2.76. The van der Waals surface area contributed by atoms with Gasteiger partial charge in [-0.25, -0.2) is 4.79 Å². The first-order chi connectivity index (χ1) is 9.45. The highest BCUT2D eigenvalue weighted by Crippen LogP contribution is 2.22. The molecule has 1 amide bonds. The molecular formula is C15H25N3O3. The molecule has 1 rings (SSSR count). The van der Waals surface area contributed by atoms with Gasteiger partial charge in [0.15, 0.2) is 0 Å². The summed E-state index contributed by atoms with van der Waals surface area (Å²) in [6.07, 6.45) is 3.56. The molecule has 1 unspecified atom stereocenters. The standard InChI is InChI=1S/C15H25N3O3/c1-14(2,3)18-9-11(8-16-18)12(10-19)17(7)13(20)21-15(4,5)6/h8-10,12H,1-7H3. The third-order valence-electron chi connectivity index (χ3n) is 2.86. The van der Waals surface area contributed by atoms with Gasteiger partial charge in [-0.3, -0.25) is 9.58 Å². The summed E-state index contributed by atoms with van der Waals surface area (Å²) in [5.74, 6) is 0. The number of likely N-dealkylation sites (N-methyl/N-ethyl adjacent to an activating group) is 1. The normalized spacial score (nSPS) is 13.7. The lowest BCUT2D eigenvalue weighted by Crippen LogP contribution is -2.37. The number of nitrogens with zero attached hydrogens (tertiary/aromatic N) is 3. The summed E-state index contributed by atoms with van der Waals surface area (Å²) < 4.78 is 7.04. The van der Waals surface area contributed by atoms with E-state index < -0.39 is 17.7 Å². The van der Waals surface area contributed by atoms with E-state index in [4.69, 9.17) is 4.74 Å². The summed E-state index contributed by atoms with van der Waals surface area (Å²) in [5.41, 5.74) is -0.127. The summed E-state index contributed by atoms with van der Waals surface area (Å²) in [7, 11) is 1.54. The van der Waals surface area contributed by atoms with Gasteiger partial charge in [0.2, 0.25) is 0 Å². The SMILES string of the molecule is CN(C(=O)OC(C)(C)C)C(C=O)c1cnn(C(C)(C)C)c1. The molecular weight excluding hydrogens is 270 g/mol. The molecule has 1 heterocycles. The molecule has 0 aliphatic rings. The van der Waals surface area contributed by atoms with Gasteiger partial charge in [0.1, 0.15) is 17.9 Å². The molecule has 0 aliphatic carbocycles. The minimum atomic E-state index is -0.712. The third kappa shape index (κ3) is 4.58. The molecule has 0 aliphatic heterocycles. The smallest absolute Gasteiger partial charge is 0.410 e. The van der Waals surface area contributed by atoms with Crippen LogP contribution in [0.5, 0.6) is 0 Å². The number of rotatable bonds is 3. The Morgan fingerprint density at radius 3 is 2.29 bits per heavy atom. The van der Waals surface area contributed by atoms with E-state index in [2.05, 4.69) is 5.10 Å². The Labute approximate surface area is 126 Å². The van der Waals surface area contributed by atoms with E-state index in [0.29, 0.717) is 11.8 Å². The van der Waals surface area contributed by atoms with Crippen molar-refractivity contribution < 1.29 is 14.3 Å². The summed E-state index contributed by atoms with van der Waals surface area (Å²) in [4.78, 5) is 24.7. The Morgan fingerprint density at radius 2 is 1.90 bits per heavy atom. The number of aldehydes is 1. The number of carbonyl (C=O) groups excluding carboxylic acids is 2. The van der Waals surface area contributed by atoms with Crippen molar-refractivity contribution in [2.45, 2.75) is 58.7 Å². The highest BCUT2D eigenvalue weighted by atomic mass is 16.6. The summed E-state index contributed by atoms with van der Waals surface area (Å²) in [6, 6.07) is -0.712. The van der Waals surface area contributed by atoms with E-state index in [0.717, 1.165) is 0 Å². The van der Waals surface area contributed by atoms with Crippen LogP contribution in [0.4, 0.5) is 4.79 Å². The minimum Gasteiger partial charge on any atom is -0.444 e. The third-order valence-corrected chi connectivity index (χ3v) is 2.86. The molecule has 0 aromatic carbocycles. The lowest BCUT2D eigenvalue weighted by molar-refractivity contribution is -0.112. The van der Waals surface area contributed by atoms with Gasteiger partial charge < -0.3 is 9.53 Å². The Hall–Kier alpha value is -1.85. The molecule has 0 N–H and O–H groups in total. The predicted molar refractivity (Wildman–Crippen MR) is 80.0 cm³/mol. The highest BCUT2D eigenvalue weighted by molar-refractivity contribution is 5.74. The van der Waals surface area contributed by atoms with Crippen LogP contribution in [0.1, 0.15) is 53.1 Å². The first kappa shape index (κ1) is 17.2. The first-order valence-electron chi connectivity index (χ1n) is 6.92. The first-order valence-corrected chi connectivity index (χ1v) is 6.92. The number of ether oxygens (including phenoxy) is 1. The van der Waals surface area contributed by atoms with Crippen LogP contribution in [0.25, 0.3) is 0 Å². The molecule has 1 atom stereocenters. The molecule has 0 spiro atoms. The second kappa shape index (κ2) is 5.87. The minimum absolute atomic E-state index is 0.184. The Bertz CT molecular complexity index is 509. The van der Waals surface area contributed by atoms with Crippen LogP contribution >= 0.6 is 0 Å². The quantitative estimate of drug-likeness (QED) is 0.804. The molecule has 1 aromatic heterocycles. The van der Waals surface area contributed by atoms with Crippen molar-refractivity contribution in [3.63, 3.8) is 0 Å². The van der Waals surface area contributed by atoms with Crippen LogP contribution in [-0.2, 0) is 15.1 Å². The number of aromatic nitrogens is 2. The average molecular weight is 295 g/mol. The van der Waals surface area contributed by atoms with Gasteiger partial charge in [-0.2, -0.15) is 5.10 Å². The topological polar surface area (TPSA) is 64.4 Å². The second-order valence-corrected chi connectivity index (χ2v) is 7.06. The number of carbonyl (C=O) groups is 2. The fraction of sp³-hybridized carbons (Fsp3) is 0.667. The number of hydrogen-bond acceptors (Lipinski definition) is 4. The van der Waals surface area contributed by atoms with Crippen molar-refractivity contribution in [2.24, 2.45) is 0 Å². The Balaban J connectivity index is 2.95. The summed E-state index contributed by atoms with van der Waals surface area (Å²) in [5, 5.41) is 4.25. The van der Waals surface area contributed by atoms with E-state index >= 15 is 0 Å². The van der Waals surface area contributed by atoms with Gasteiger partial charge in [-0.05, 0) is 41.5 Å². The van der Waals surface area contributed by atoms with Crippen LogP contribution in [0.3, 0.4) is 0 Å². The maximum Gasteiger partial charge on any atom is 0.410 e. The zero-order valence-electron chi connectivity index (χ0n) is 13.9. The van der Waals surface area contributed by atoms with Crippen molar-refractivity contribution in [3.05, 3.63) is 18.0 Å². The maximum atomic E-state index is 12.1.